The molecule has 0 radical (unpaired) electrons. The highest BCUT2D eigenvalue weighted by Gasteiger charge is 2.40. The summed E-state index contributed by atoms with van der Waals surface area (Å²) in [7, 11) is 0. The van der Waals surface area contributed by atoms with Crippen molar-refractivity contribution in [1.29, 1.82) is 0 Å². The molecule has 1 saturated heterocycles. The summed E-state index contributed by atoms with van der Waals surface area (Å²) in [5, 5.41) is 11.3. The summed E-state index contributed by atoms with van der Waals surface area (Å²) in [4.78, 5) is 44.9. The van der Waals surface area contributed by atoms with Gasteiger partial charge in [-0.15, -0.1) is 0 Å². The van der Waals surface area contributed by atoms with E-state index in [0.29, 0.717) is 16.6 Å². The van der Waals surface area contributed by atoms with Crippen LogP contribution in [0.4, 0.5) is 10.1 Å². The molecule has 3 aromatic rings. The van der Waals surface area contributed by atoms with Crippen LogP contribution in [0, 0.1) is 5.82 Å². The molecule has 30 heavy (non-hydrogen) atoms. The second-order valence-corrected chi connectivity index (χ2v) is 7.36. The molecule has 0 spiro atoms. The van der Waals surface area contributed by atoms with Crippen molar-refractivity contribution in [2.75, 3.05) is 4.90 Å². The number of rotatable bonds is 3. The van der Waals surface area contributed by atoms with Gasteiger partial charge in [0.15, 0.2) is 5.75 Å². The average molecular weight is 405 g/mol. The van der Waals surface area contributed by atoms with Crippen LogP contribution in [-0.2, 0) is 22.7 Å². The molecule has 7 nitrogen and oxygen atoms in total. The second-order valence-electron chi connectivity index (χ2n) is 7.36. The molecule has 3 heterocycles. The van der Waals surface area contributed by atoms with E-state index in [-0.39, 0.29) is 60.4 Å². The van der Waals surface area contributed by atoms with Crippen molar-refractivity contribution in [3.8, 4) is 5.75 Å². The molecule has 2 aromatic carbocycles. The van der Waals surface area contributed by atoms with Crippen LogP contribution in [0.15, 0.2) is 42.6 Å². The molecule has 0 bridgehead atoms. The number of benzene rings is 2. The fraction of sp³-hybridized carbons (Fsp3) is 0.182. The number of amides is 3. The molecule has 8 heteroatoms. The van der Waals surface area contributed by atoms with E-state index in [2.05, 4.69) is 4.98 Å². The Morgan fingerprint density at radius 2 is 1.73 bits per heavy atom. The highest BCUT2D eigenvalue weighted by molar-refractivity contribution is 6.25. The summed E-state index contributed by atoms with van der Waals surface area (Å²) >= 11 is 0. The number of pyridine rings is 1. The van der Waals surface area contributed by atoms with Crippen LogP contribution in [0.5, 0.6) is 5.75 Å². The number of imide groups is 1. The van der Waals surface area contributed by atoms with Gasteiger partial charge in [-0.25, -0.2) is 9.29 Å². The summed E-state index contributed by atoms with van der Waals surface area (Å²) in [6, 6.07) is 9.10. The predicted molar refractivity (Wildman–Crippen MR) is 105 cm³/mol. The number of hydrogen-bond donors (Lipinski definition) is 1. The number of aromatic hydroxyl groups is 1. The Hall–Kier alpha value is -3.81. The quantitative estimate of drug-likeness (QED) is 0.677. The predicted octanol–water partition coefficient (Wildman–Crippen LogP) is 2.89. The third-order valence-electron chi connectivity index (χ3n) is 5.52. The van der Waals surface area contributed by atoms with Gasteiger partial charge in [0.05, 0.1) is 11.3 Å². The van der Waals surface area contributed by atoms with Crippen molar-refractivity contribution in [3.05, 3.63) is 65.1 Å². The number of carbonyl (C=O) groups is 3. The Labute approximate surface area is 170 Å². The molecule has 1 fully saturated rings. The minimum Gasteiger partial charge on any atom is -0.505 e. The van der Waals surface area contributed by atoms with Crippen molar-refractivity contribution >= 4 is 34.3 Å². The minimum absolute atomic E-state index is 0.0470. The summed E-state index contributed by atoms with van der Waals surface area (Å²) in [6.07, 6.45) is 1.68. The Kier molecular flexibility index (Phi) is 4.02. The van der Waals surface area contributed by atoms with E-state index in [1.165, 1.54) is 23.2 Å². The van der Waals surface area contributed by atoms with Gasteiger partial charge < -0.3 is 10.0 Å². The lowest BCUT2D eigenvalue weighted by Crippen LogP contribution is -2.30. The number of halogens is 1. The van der Waals surface area contributed by atoms with Gasteiger partial charge >= 0.3 is 0 Å². The molecule has 3 amide bonds. The normalized spacial score (nSPS) is 16.1. The number of carbonyl (C=O) groups excluding carboxylic acids is 3. The number of aromatic nitrogens is 1. The highest BCUT2D eigenvalue weighted by atomic mass is 19.1. The second kappa shape index (κ2) is 6.62. The van der Waals surface area contributed by atoms with Crippen molar-refractivity contribution in [2.24, 2.45) is 0 Å². The van der Waals surface area contributed by atoms with E-state index in [1.54, 1.807) is 24.3 Å². The van der Waals surface area contributed by atoms with Gasteiger partial charge in [-0.05, 0) is 29.8 Å². The molecule has 150 valence electrons. The molecule has 2 aliphatic rings. The fourth-order valence-electron chi connectivity index (χ4n) is 4.15. The summed E-state index contributed by atoms with van der Waals surface area (Å²) in [5.74, 6) is -1.77. The molecule has 0 unspecified atom stereocenters. The van der Waals surface area contributed by atoms with Crippen LogP contribution in [0.3, 0.4) is 0 Å². The van der Waals surface area contributed by atoms with Gasteiger partial charge in [0.1, 0.15) is 11.3 Å². The zero-order valence-corrected chi connectivity index (χ0v) is 15.8. The summed E-state index contributed by atoms with van der Waals surface area (Å²) < 4.78 is 13.2. The van der Waals surface area contributed by atoms with Gasteiger partial charge in [0.2, 0.25) is 11.8 Å². The topological polar surface area (TPSA) is 90.8 Å². The standard InChI is InChI=1S/C22H16FN3O4/c23-13-5-3-12(4-6-13)10-25-11-15-18(22(25)30)21(29)19-14(2-1-9-24-19)20(15)26-16(27)7-8-17(26)28/h1-6,9,29H,7-8,10-11H2. The first-order chi connectivity index (χ1) is 14.5. The molecule has 2 aliphatic heterocycles. The van der Waals surface area contributed by atoms with Crippen LogP contribution >= 0.6 is 0 Å². The van der Waals surface area contributed by atoms with Crippen LogP contribution in [0.2, 0.25) is 0 Å². The van der Waals surface area contributed by atoms with Gasteiger partial charge in [0.25, 0.3) is 5.91 Å². The first-order valence-electron chi connectivity index (χ1n) is 9.47. The number of fused-ring (bicyclic) bond motifs is 2. The number of phenols is 1. The minimum atomic E-state index is -0.431. The lowest BCUT2D eigenvalue weighted by Gasteiger charge is -2.20. The van der Waals surface area contributed by atoms with E-state index in [9.17, 15) is 23.9 Å². The van der Waals surface area contributed by atoms with Gasteiger partial charge in [-0.2, -0.15) is 0 Å². The van der Waals surface area contributed by atoms with E-state index in [1.807, 2.05) is 0 Å². The lowest BCUT2D eigenvalue weighted by molar-refractivity contribution is -0.121. The van der Waals surface area contributed by atoms with E-state index < -0.39 is 5.91 Å². The monoisotopic (exact) mass is 405 g/mol. The van der Waals surface area contributed by atoms with Crippen LogP contribution in [0.1, 0.15) is 34.3 Å². The fourth-order valence-corrected chi connectivity index (χ4v) is 4.15. The Balaban J connectivity index is 1.67. The third kappa shape index (κ3) is 2.64. The van der Waals surface area contributed by atoms with Crippen LogP contribution < -0.4 is 4.90 Å². The molecule has 1 N–H and O–H groups in total. The van der Waals surface area contributed by atoms with Crippen molar-refractivity contribution in [2.45, 2.75) is 25.9 Å². The smallest absolute Gasteiger partial charge is 0.258 e. The van der Waals surface area contributed by atoms with Gasteiger partial charge in [0, 0.05) is 43.1 Å². The van der Waals surface area contributed by atoms with Crippen molar-refractivity contribution < 1.29 is 23.9 Å². The Morgan fingerprint density at radius 1 is 1.03 bits per heavy atom. The number of nitrogens with zero attached hydrogens (tertiary/aromatic N) is 3. The van der Waals surface area contributed by atoms with E-state index >= 15 is 0 Å². The third-order valence-corrected chi connectivity index (χ3v) is 5.52. The Bertz CT molecular complexity index is 1220. The number of anilines is 1. The largest absolute Gasteiger partial charge is 0.505 e. The maximum Gasteiger partial charge on any atom is 0.258 e. The SMILES string of the molecule is O=C1c2c(c(N3C(=O)CCC3=O)c3cccnc3c2O)CN1Cc1ccc(F)cc1. The molecule has 0 aliphatic carbocycles. The summed E-state index contributed by atoms with van der Waals surface area (Å²) in [5.41, 5.74) is 1.66. The molecular formula is C22H16FN3O4. The molecule has 0 atom stereocenters. The van der Waals surface area contributed by atoms with Crippen LogP contribution in [0.25, 0.3) is 10.9 Å². The number of hydrogen-bond acceptors (Lipinski definition) is 5. The van der Waals surface area contributed by atoms with Crippen molar-refractivity contribution in [3.63, 3.8) is 0 Å². The van der Waals surface area contributed by atoms with E-state index in [4.69, 9.17) is 0 Å². The number of phenolic OH excluding ortho intramolecular Hbond substituents is 1. The first-order valence-corrected chi connectivity index (χ1v) is 9.47. The van der Waals surface area contributed by atoms with Gasteiger partial charge in [-0.1, -0.05) is 12.1 Å². The average Bonchev–Trinajstić information content (AvgIpc) is 3.24. The maximum atomic E-state index is 13.2. The van der Waals surface area contributed by atoms with E-state index in [0.717, 1.165) is 10.5 Å². The highest BCUT2D eigenvalue weighted by Crippen LogP contribution is 2.45. The molecule has 0 saturated carbocycles. The van der Waals surface area contributed by atoms with Gasteiger partial charge in [-0.3, -0.25) is 19.4 Å². The Morgan fingerprint density at radius 3 is 2.43 bits per heavy atom. The molecule has 5 rings (SSSR count). The first kappa shape index (κ1) is 18.2. The zero-order chi connectivity index (χ0) is 21.0. The molecule has 1 aromatic heterocycles. The zero-order valence-electron chi connectivity index (χ0n) is 15.8. The summed E-state index contributed by atoms with van der Waals surface area (Å²) in [6.45, 7) is 0.300. The maximum absolute atomic E-state index is 13.2. The lowest BCUT2D eigenvalue weighted by atomic mass is 10.0. The molecular weight excluding hydrogens is 389 g/mol. The van der Waals surface area contributed by atoms with Crippen LogP contribution in [-0.4, -0.2) is 32.7 Å². The van der Waals surface area contributed by atoms with Crippen molar-refractivity contribution in [1.82, 2.24) is 9.88 Å².